The molecule has 1 N–H and O–H groups in total. The summed E-state index contributed by atoms with van der Waals surface area (Å²) in [7, 11) is 0. The van der Waals surface area contributed by atoms with E-state index in [1.807, 2.05) is 20.8 Å². The summed E-state index contributed by atoms with van der Waals surface area (Å²) in [6.45, 7) is 5.72. The highest BCUT2D eigenvalue weighted by Gasteiger charge is 2.48. The van der Waals surface area contributed by atoms with Crippen LogP contribution in [0.3, 0.4) is 0 Å². The maximum absolute atomic E-state index is 13.5. The molecule has 0 bridgehead atoms. The SMILES string of the molecule is CC(C)(C)C1(O)CCCCC1F. The van der Waals surface area contributed by atoms with Gasteiger partial charge in [0.05, 0.1) is 0 Å². The molecule has 0 aliphatic heterocycles. The predicted octanol–water partition coefficient (Wildman–Crippen LogP) is 2.68. The summed E-state index contributed by atoms with van der Waals surface area (Å²) in [6.07, 6.45) is 1.96. The van der Waals surface area contributed by atoms with Crippen LogP contribution in [0.2, 0.25) is 0 Å². The van der Waals surface area contributed by atoms with Gasteiger partial charge in [-0.1, -0.05) is 33.6 Å². The Kier molecular flexibility index (Phi) is 2.48. The van der Waals surface area contributed by atoms with Crippen molar-refractivity contribution < 1.29 is 9.50 Å². The molecule has 2 unspecified atom stereocenters. The average Bonchev–Trinajstić information content (AvgIpc) is 1.93. The lowest BCUT2D eigenvalue weighted by Gasteiger charge is -2.45. The summed E-state index contributed by atoms with van der Waals surface area (Å²) in [5.74, 6) is 0. The first-order valence-electron chi connectivity index (χ1n) is 4.74. The van der Waals surface area contributed by atoms with Crippen LogP contribution in [-0.4, -0.2) is 16.9 Å². The molecule has 0 saturated heterocycles. The van der Waals surface area contributed by atoms with Crippen molar-refractivity contribution in [1.29, 1.82) is 0 Å². The lowest BCUT2D eigenvalue weighted by atomic mass is 9.67. The van der Waals surface area contributed by atoms with Crippen molar-refractivity contribution in [3.63, 3.8) is 0 Å². The maximum Gasteiger partial charge on any atom is 0.129 e. The van der Waals surface area contributed by atoms with Gasteiger partial charge in [-0.25, -0.2) is 4.39 Å². The highest BCUT2D eigenvalue weighted by Crippen LogP contribution is 2.43. The third-order valence-corrected chi connectivity index (χ3v) is 3.08. The van der Waals surface area contributed by atoms with E-state index in [9.17, 15) is 9.50 Å². The van der Waals surface area contributed by atoms with Crippen molar-refractivity contribution in [2.75, 3.05) is 0 Å². The fourth-order valence-corrected chi connectivity index (χ4v) is 1.96. The zero-order valence-electron chi connectivity index (χ0n) is 8.23. The summed E-state index contributed by atoms with van der Waals surface area (Å²) in [5.41, 5.74) is -1.43. The second kappa shape index (κ2) is 2.99. The Hall–Kier alpha value is -0.110. The standard InChI is InChI=1S/C10H19FO/c1-9(2,3)10(12)7-5-4-6-8(10)11/h8,12H,4-7H2,1-3H3. The fourth-order valence-electron chi connectivity index (χ4n) is 1.96. The van der Waals surface area contributed by atoms with Gasteiger partial charge in [0.25, 0.3) is 0 Å². The van der Waals surface area contributed by atoms with Crippen molar-refractivity contribution in [3.8, 4) is 0 Å². The van der Waals surface area contributed by atoms with Crippen LogP contribution in [0.25, 0.3) is 0 Å². The van der Waals surface area contributed by atoms with Crippen LogP contribution in [0.15, 0.2) is 0 Å². The van der Waals surface area contributed by atoms with Crippen molar-refractivity contribution in [3.05, 3.63) is 0 Å². The van der Waals surface area contributed by atoms with E-state index in [1.165, 1.54) is 0 Å². The molecule has 1 aliphatic carbocycles. The van der Waals surface area contributed by atoms with Gasteiger partial charge in [0.1, 0.15) is 11.8 Å². The third kappa shape index (κ3) is 1.49. The van der Waals surface area contributed by atoms with Crippen LogP contribution in [0.4, 0.5) is 4.39 Å². The Morgan fingerprint density at radius 2 is 1.92 bits per heavy atom. The van der Waals surface area contributed by atoms with Crippen molar-refractivity contribution >= 4 is 0 Å². The summed E-state index contributed by atoms with van der Waals surface area (Å²) in [6, 6.07) is 0. The minimum atomic E-state index is -1.09. The zero-order chi connectivity index (χ0) is 9.41. The van der Waals surface area contributed by atoms with E-state index in [1.54, 1.807) is 0 Å². The van der Waals surface area contributed by atoms with Gasteiger partial charge < -0.3 is 5.11 Å². The number of halogens is 1. The van der Waals surface area contributed by atoms with Gasteiger partial charge in [-0.2, -0.15) is 0 Å². The molecular weight excluding hydrogens is 155 g/mol. The second-order valence-corrected chi connectivity index (χ2v) is 4.89. The second-order valence-electron chi connectivity index (χ2n) is 4.89. The molecule has 2 atom stereocenters. The number of hydrogen-bond donors (Lipinski definition) is 1. The van der Waals surface area contributed by atoms with Crippen LogP contribution in [0.1, 0.15) is 46.5 Å². The quantitative estimate of drug-likeness (QED) is 0.598. The molecule has 0 aromatic rings. The van der Waals surface area contributed by atoms with Gasteiger partial charge in [0.2, 0.25) is 0 Å². The predicted molar refractivity (Wildman–Crippen MR) is 47.8 cm³/mol. The summed E-state index contributed by atoms with van der Waals surface area (Å²) < 4.78 is 13.5. The molecule has 1 nitrogen and oxygen atoms in total. The molecule has 0 heterocycles. The molecular formula is C10H19FO. The molecule has 1 aliphatic rings. The first-order valence-corrected chi connectivity index (χ1v) is 4.74. The smallest absolute Gasteiger partial charge is 0.129 e. The lowest BCUT2D eigenvalue weighted by Crippen LogP contribution is -2.52. The van der Waals surface area contributed by atoms with E-state index in [2.05, 4.69) is 0 Å². The van der Waals surface area contributed by atoms with Gasteiger partial charge in [0.15, 0.2) is 0 Å². The minimum absolute atomic E-state index is 0.340. The van der Waals surface area contributed by atoms with Gasteiger partial charge in [-0.05, 0) is 18.3 Å². The molecule has 0 radical (unpaired) electrons. The van der Waals surface area contributed by atoms with Crippen LogP contribution in [0, 0.1) is 5.41 Å². The normalized spacial score (nSPS) is 38.2. The van der Waals surface area contributed by atoms with Gasteiger partial charge in [-0.15, -0.1) is 0 Å². The van der Waals surface area contributed by atoms with Gasteiger partial charge in [0, 0.05) is 0 Å². The van der Waals surface area contributed by atoms with Crippen LogP contribution >= 0.6 is 0 Å². The van der Waals surface area contributed by atoms with E-state index in [0.717, 1.165) is 12.8 Å². The summed E-state index contributed by atoms with van der Waals surface area (Å²) >= 11 is 0. The van der Waals surface area contributed by atoms with Crippen molar-refractivity contribution in [1.82, 2.24) is 0 Å². The van der Waals surface area contributed by atoms with Crippen LogP contribution < -0.4 is 0 Å². The van der Waals surface area contributed by atoms with E-state index >= 15 is 0 Å². The molecule has 0 aromatic carbocycles. The van der Waals surface area contributed by atoms with E-state index in [0.29, 0.717) is 12.8 Å². The summed E-state index contributed by atoms with van der Waals surface area (Å²) in [5, 5.41) is 10.1. The van der Waals surface area contributed by atoms with E-state index in [-0.39, 0.29) is 5.41 Å². The van der Waals surface area contributed by atoms with E-state index < -0.39 is 11.8 Å². The van der Waals surface area contributed by atoms with Crippen LogP contribution in [-0.2, 0) is 0 Å². The monoisotopic (exact) mass is 174 g/mol. The van der Waals surface area contributed by atoms with E-state index in [4.69, 9.17) is 0 Å². The molecule has 12 heavy (non-hydrogen) atoms. The lowest BCUT2D eigenvalue weighted by molar-refractivity contribution is -0.134. The van der Waals surface area contributed by atoms with Crippen LogP contribution in [0.5, 0.6) is 0 Å². The molecule has 1 rings (SSSR count). The summed E-state index contributed by atoms with van der Waals surface area (Å²) in [4.78, 5) is 0. The molecule has 1 saturated carbocycles. The van der Waals surface area contributed by atoms with Gasteiger partial charge in [-0.3, -0.25) is 0 Å². The van der Waals surface area contributed by atoms with Crippen molar-refractivity contribution in [2.24, 2.45) is 5.41 Å². The Morgan fingerprint density at radius 3 is 2.25 bits per heavy atom. The molecule has 2 heteroatoms. The number of aliphatic hydroxyl groups is 1. The number of rotatable bonds is 0. The first-order chi connectivity index (χ1) is 5.38. The topological polar surface area (TPSA) is 20.2 Å². The highest BCUT2D eigenvalue weighted by atomic mass is 19.1. The third-order valence-electron chi connectivity index (χ3n) is 3.08. The average molecular weight is 174 g/mol. The Morgan fingerprint density at radius 1 is 1.33 bits per heavy atom. The Labute approximate surface area is 74.0 Å². The molecule has 0 spiro atoms. The fraction of sp³-hybridized carbons (Fsp3) is 1.00. The first kappa shape index (κ1) is 9.97. The highest BCUT2D eigenvalue weighted by molar-refractivity contribution is 4.98. The Bertz CT molecular complexity index is 162. The maximum atomic E-state index is 13.5. The zero-order valence-corrected chi connectivity index (χ0v) is 8.23. The molecule has 1 fully saturated rings. The Balaban J connectivity index is 2.79. The molecule has 0 aromatic heterocycles. The number of alkyl halides is 1. The minimum Gasteiger partial charge on any atom is -0.386 e. The molecule has 72 valence electrons. The van der Waals surface area contributed by atoms with Gasteiger partial charge >= 0.3 is 0 Å². The molecule has 0 amide bonds. The number of hydrogen-bond acceptors (Lipinski definition) is 1. The largest absolute Gasteiger partial charge is 0.386 e. The van der Waals surface area contributed by atoms with Crippen molar-refractivity contribution in [2.45, 2.75) is 58.2 Å².